The van der Waals surface area contributed by atoms with Crippen molar-refractivity contribution in [2.75, 3.05) is 0 Å². The number of carbonyl (C=O) groups is 1. The number of rotatable bonds is 2. The number of benzene rings is 1. The van der Waals surface area contributed by atoms with E-state index in [0.717, 1.165) is 16.8 Å². The van der Waals surface area contributed by atoms with Crippen LogP contribution in [0.4, 0.5) is 9.18 Å². The summed E-state index contributed by atoms with van der Waals surface area (Å²) in [4.78, 5) is 11.0. The lowest BCUT2D eigenvalue weighted by Crippen LogP contribution is -2.04. The molecule has 0 fully saturated rings. The number of hydrogen-bond acceptors (Lipinski definition) is 2. The zero-order valence-corrected chi connectivity index (χ0v) is 7.45. The van der Waals surface area contributed by atoms with Gasteiger partial charge in [0.1, 0.15) is 5.82 Å². The maximum Gasteiger partial charge on any atom is 0.323 e. The molecule has 0 aromatic heterocycles. The fourth-order valence-electron chi connectivity index (χ4n) is 0.602. The molecule has 0 spiro atoms. The predicted octanol–water partition coefficient (Wildman–Crippen LogP) is 2.78. The highest BCUT2D eigenvalue weighted by Gasteiger charge is 1.96. The van der Waals surface area contributed by atoms with Crippen molar-refractivity contribution >= 4 is 28.9 Å². The highest BCUT2D eigenvalue weighted by atomic mass is 35.5. The molecule has 0 aliphatic carbocycles. The number of carbonyl (C=O) groups excluding carboxylic acids is 1. The van der Waals surface area contributed by atoms with Gasteiger partial charge in [-0.15, -0.1) is 0 Å². The normalized spacial score (nSPS) is 9.50. The van der Waals surface area contributed by atoms with Crippen LogP contribution in [0, 0.1) is 5.82 Å². The van der Waals surface area contributed by atoms with Gasteiger partial charge in [-0.3, -0.25) is 9.52 Å². The maximum atomic E-state index is 12.4. The summed E-state index contributed by atoms with van der Waals surface area (Å²) in [6.07, 6.45) is 0. The molecule has 1 rings (SSSR count). The maximum absolute atomic E-state index is 12.4. The topological polar surface area (TPSA) is 29.1 Å². The van der Waals surface area contributed by atoms with Gasteiger partial charge >= 0.3 is 5.37 Å². The standard InChI is InChI=1S/C7H5ClFNOS/c8-7(11)10-12-6-3-1-5(9)2-4-6/h1-4H,(H,10,11). The molecule has 1 aromatic carbocycles. The molecule has 1 aromatic rings. The van der Waals surface area contributed by atoms with E-state index < -0.39 is 5.37 Å². The number of hydrogen-bond donors (Lipinski definition) is 1. The van der Waals surface area contributed by atoms with Gasteiger partial charge in [-0.1, -0.05) is 0 Å². The van der Waals surface area contributed by atoms with Crippen LogP contribution < -0.4 is 4.72 Å². The van der Waals surface area contributed by atoms with Crippen molar-refractivity contribution in [2.24, 2.45) is 0 Å². The van der Waals surface area contributed by atoms with Crippen LogP contribution in [0.2, 0.25) is 0 Å². The van der Waals surface area contributed by atoms with Crippen LogP contribution in [-0.2, 0) is 0 Å². The minimum Gasteiger partial charge on any atom is -0.282 e. The molecule has 0 saturated heterocycles. The van der Waals surface area contributed by atoms with E-state index in [1.165, 1.54) is 12.1 Å². The molecule has 1 N–H and O–H groups in total. The van der Waals surface area contributed by atoms with E-state index in [4.69, 9.17) is 11.6 Å². The van der Waals surface area contributed by atoms with Crippen molar-refractivity contribution in [1.29, 1.82) is 0 Å². The van der Waals surface area contributed by atoms with E-state index in [1.54, 1.807) is 12.1 Å². The van der Waals surface area contributed by atoms with Crippen molar-refractivity contribution in [1.82, 2.24) is 4.72 Å². The third kappa shape index (κ3) is 3.11. The van der Waals surface area contributed by atoms with Crippen LogP contribution in [0.5, 0.6) is 0 Å². The number of amides is 1. The van der Waals surface area contributed by atoms with Gasteiger partial charge < -0.3 is 0 Å². The first kappa shape index (κ1) is 9.35. The summed E-state index contributed by atoms with van der Waals surface area (Å²) in [6.45, 7) is 0. The molecule has 0 unspecified atom stereocenters. The van der Waals surface area contributed by atoms with Crippen molar-refractivity contribution in [2.45, 2.75) is 4.90 Å². The van der Waals surface area contributed by atoms with Gasteiger partial charge in [0, 0.05) is 4.90 Å². The monoisotopic (exact) mass is 205 g/mol. The Morgan fingerprint density at radius 1 is 1.42 bits per heavy atom. The van der Waals surface area contributed by atoms with Crippen LogP contribution >= 0.6 is 23.5 Å². The quantitative estimate of drug-likeness (QED) is 0.457. The molecule has 2 nitrogen and oxygen atoms in total. The smallest absolute Gasteiger partial charge is 0.282 e. The van der Waals surface area contributed by atoms with Gasteiger partial charge in [0.2, 0.25) is 0 Å². The molecular formula is C7H5ClFNOS. The lowest BCUT2D eigenvalue weighted by molar-refractivity contribution is 0.264. The fraction of sp³-hybridized carbons (Fsp3) is 0. The molecule has 0 heterocycles. The van der Waals surface area contributed by atoms with Gasteiger partial charge in [0.25, 0.3) is 0 Å². The summed E-state index contributed by atoms with van der Waals surface area (Å²) >= 11 is 6.05. The second-order valence-electron chi connectivity index (χ2n) is 1.93. The molecule has 0 aliphatic heterocycles. The molecule has 1 amide bonds. The van der Waals surface area contributed by atoms with Crippen molar-refractivity contribution < 1.29 is 9.18 Å². The van der Waals surface area contributed by atoms with Crippen molar-refractivity contribution in [3.63, 3.8) is 0 Å². The molecular weight excluding hydrogens is 201 g/mol. The zero-order chi connectivity index (χ0) is 8.97. The predicted molar refractivity (Wildman–Crippen MR) is 46.6 cm³/mol. The first-order valence-electron chi connectivity index (χ1n) is 3.06. The first-order chi connectivity index (χ1) is 5.68. The SMILES string of the molecule is O=C(Cl)NSc1ccc(F)cc1. The highest BCUT2D eigenvalue weighted by molar-refractivity contribution is 7.98. The van der Waals surface area contributed by atoms with Gasteiger partial charge in [-0.2, -0.15) is 0 Å². The third-order valence-corrected chi connectivity index (χ3v) is 2.06. The van der Waals surface area contributed by atoms with Gasteiger partial charge in [-0.05, 0) is 47.8 Å². The summed E-state index contributed by atoms with van der Waals surface area (Å²) in [5, 5.41) is -0.649. The van der Waals surface area contributed by atoms with Crippen LogP contribution in [0.3, 0.4) is 0 Å². The van der Waals surface area contributed by atoms with Gasteiger partial charge in [0.05, 0.1) is 0 Å². The van der Waals surface area contributed by atoms with Crippen LogP contribution in [0.25, 0.3) is 0 Å². The van der Waals surface area contributed by atoms with Gasteiger partial charge in [-0.25, -0.2) is 4.39 Å². The first-order valence-corrected chi connectivity index (χ1v) is 4.26. The summed E-state index contributed by atoms with van der Waals surface area (Å²) in [7, 11) is 0. The van der Waals surface area contributed by atoms with Gasteiger partial charge in [0.15, 0.2) is 0 Å². The summed E-state index contributed by atoms with van der Waals surface area (Å²) < 4.78 is 14.7. The Morgan fingerprint density at radius 2 is 2.00 bits per heavy atom. The molecule has 0 bridgehead atoms. The molecule has 0 aliphatic rings. The Balaban J connectivity index is 2.53. The number of nitrogens with one attached hydrogen (secondary N) is 1. The lowest BCUT2D eigenvalue weighted by atomic mass is 10.4. The second-order valence-corrected chi connectivity index (χ2v) is 3.15. The number of halogens is 2. The Hall–Kier alpha value is -0.740. The largest absolute Gasteiger partial charge is 0.323 e. The molecule has 64 valence electrons. The Labute approximate surface area is 78.2 Å². The Kier molecular flexibility index (Phi) is 3.37. The minimum absolute atomic E-state index is 0.309. The summed E-state index contributed by atoms with van der Waals surface area (Å²) in [5.41, 5.74) is 0. The average Bonchev–Trinajstić information content (AvgIpc) is 2.03. The summed E-state index contributed by atoms with van der Waals surface area (Å²) in [5.74, 6) is -0.309. The van der Waals surface area contributed by atoms with Crippen LogP contribution in [0.15, 0.2) is 29.2 Å². The zero-order valence-electron chi connectivity index (χ0n) is 5.88. The van der Waals surface area contributed by atoms with Crippen molar-refractivity contribution in [3.05, 3.63) is 30.1 Å². The van der Waals surface area contributed by atoms with E-state index in [9.17, 15) is 9.18 Å². The summed E-state index contributed by atoms with van der Waals surface area (Å²) in [6, 6.07) is 5.71. The molecule has 0 atom stereocenters. The highest BCUT2D eigenvalue weighted by Crippen LogP contribution is 2.14. The third-order valence-electron chi connectivity index (χ3n) is 1.06. The lowest BCUT2D eigenvalue weighted by Gasteiger charge is -1.98. The van der Waals surface area contributed by atoms with E-state index in [-0.39, 0.29) is 5.82 Å². The molecule has 0 radical (unpaired) electrons. The van der Waals surface area contributed by atoms with E-state index in [0.29, 0.717) is 0 Å². The molecule has 12 heavy (non-hydrogen) atoms. The van der Waals surface area contributed by atoms with Crippen molar-refractivity contribution in [3.8, 4) is 0 Å². The van der Waals surface area contributed by atoms with Crippen LogP contribution in [-0.4, -0.2) is 5.37 Å². The Morgan fingerprint density at radius 3 is 2.50 bits per heavy atom. The molecule has 0 saturated carbocycles. The van der Waals surface area contributed by atoms with E-state index in [2.05, 4.69) is 4.72 Å². The Bertz CT molecular complexity index is 277. The van der Waals surface area contributed by atoms with Crippen LogP contribution in [0.1, 0.15) is 0 Å². The fourth-order valence-corrected chi connectivity index (χ4v) is 1.19. The van der Waals surface area contributed by atoms with E-state index in [1.807, 2.05) is 0 Å². The minimum atomic E-state index is -0.649. The van der Waals surface area contributed by atoms with E-state index >= 15 is 0 Å². The average molecular weight is 206 g/mol. The molecule has 5 heteroatoms. The second kappa shape index (κ2) is 4.33.